The molecule has 0 saturated carbocycles. The first-order chi connectivity index (χ1) is 15.0. The van der Waals surface area contributed by atoms with Crippen LogP contribution >= 0.6 is 0 Å². The number of para-hydroxylation sites is 1. The molecule has 1 amide bonds. The fourth-order valence-electron chi connectivity index (χ4n) is 3.83. The summed E-state index contributed by atoms with van der Waals surface area (Å²) in [6.07, 6.45) is 0. The number of methoxy groups -OCH3 is 2. The van der Waals surface area contributed by atoms with Crippen LogP contribution in [-0.4, -0.2) is 38.6 Å². The fourth-order valence-corrected chi connectivity index (χ4v) is 3.83. The highest BCUT2D eigenvalue weighted by atomic mass is 16.5. The van der Waals surface area contributed by atoms with Crippen LogP contribution in [0.2, 0.25) is 0 Å². The molecule has 6 heteroatoms. The fraction of sp³-hybridized carbons (Fsp3) is 0.240. The van der Waals surface area contributed by atoms with Crippen molar-refractivity contribution in [2.75, 3.05) is 33.1 Å². The zero-order chi connectivity index (χ0) is 22.0. The number of likely N-dealkylation sites (N-methyl/N-ethyl adjacent to an activating group) is 1. The van der Waals surface area contributed by atoms with E-state index in [-0.39, 0.29) is 12.5 Å². The molecule has 0 spiro atoms. The van der Waals surface area contributed by atoms with Crippen LogP contribution < -0.4 is 14.8 Å². The number of fused-ring (bicyclic) bond motifs is 3. The van der Waals surface area contributed by atoms with Gasteiger partial charge in [0, 0.05) is 28.9 Å². The standard InChI is InChI=1S/C25H26N2O4/c1-16-9-10-21(29-3)17(11-16)14-27(2)15-25(28)26-20-13-23-19(12-24(20)30-4)18-7-5-6-8-22(18)31-23/h5-13H,14-15H2,1-4H3,(H,26,28). The maximum Gasteiger partial charge on any atom is 0.238 e. The number of nitrogens with one attached hydrogen (secondary N) is 1. The molecular formula is C25H26N2O4. The number of rotatable bonds is 7. The highest BCUT2D eigenvalue weighted by Crippen LogP contribution is 2.36. The van der Waals surface area contributed by atoms with Gasteiger partial charge in [0.25, 0.3) is 0 Å². The summed E-state index contributed by atoms with van der Waals surface area (Å²) in [6, 6.07) is 17.6. The molecular weight excluding hydrogens is 392 g/mol. The largest absolute Gasteiger partial charge is 0.496 e. The number of amides is 1. The first-order valence-corrected chi connectivity index (χ1v) is 10.1. The van der Waals surface area contributed by atoms with E-state index in [1.807, 2.05) is 67.4 Å². The molecule has 3 aromatic carbocycles. The third-order valence-electron chi connectivity index (χ3n) is 5.26. The van der Waals surface area contributed by atoms with Gasteiger partial charge in [-0.3, -0.25) is 9.69 Å². The Hall–Kier alpha value is -3.51. The molecule has 0 atom stereocenters. The molecule has 0 unspecified atom stereocenters. The predicted octanol–water partition coefficient (Wildman–Crippen LogP) is 4.98. The third kappa shape index (κ3) is 4.34. The smallest absolute Gasteiger partial charge is 0.238 e. The van der Waals surface area contributed by atoms with Crippen LogP contribution in [0.1, 0.15) is 11.1 Å². The van der Waals surface area contributed by atoms with E-state index in [1.54, 1.807) is 14.2 Å². The normalized spacial score (nSPS) is 11.3. The number of carbonyl (C=O) groups is 1. The Labute approximate surface area is 181 Å². The number of anilines is 1. The zero-order valence-electron chi connectivity index (χ0n) is 18.2. The van der Waals surface area contributed by atoms with Gasteiger partial charge in [0.2, 0.25) is 5.91 Å². The number of carbonyl (C=O) groups excluding carboxylic acids is 1. The van der Waals surface area contributed by atoms with E-state index in [9.17, 15) is 4.79 Å². The van der Waals surface area contributed by atoms with Crippen molar-refractivity contribution in [3.8, 4) is 11.5 Å². The number of aryl methyl sites for hydroxylation is 1. The van der Waals surface area contributed by atoms with Gasteiger partial charge >= 0.3 is 0 Å². The van der Waals surface area contributed by atoms with Gasteiger partial charge in [0.15, 0.2) is 0 Å². The lowest BCUT2D eigenvalue weighted by Crippen LogP contribution is -2.30. The summed E-state index contributed by atoms with van der Waals surface area (Å²) in [5.41, 5.74) is 4.28. The molecule has 1 N–H and O–H groups in total. The lowest BCUT2D eigenvalue weighted by Gasteiger charge is -2.19. The topological polar surface area (TPSA) is 63.9 Å². The number of hydrogen-bond donors (Lipinski definition) is 1. The van der Waals surface area contributed by atoms with Crippen molar-refractivity contribution in [3.63, 3.8) is 0 Å². The number of nitrogens with zero attached hydrogens (tertiary/aromatic N) is 1. The van der Waals surface area contributed by atoms with Crippen LogP contribution in [0.4, 0.5) is 5.69 Å². The minimum Gasteiger partial charge on any atom is -0.496 e. The van der Waals surface area contributed by atoms with Crippen LogP contribution in [-0.2, 0) is 11.3 Å². The average molecular weight is 418 g/mol. The molecule has 160 valence electrons. The Balaban J connectivity index is 1.51. The highest BCUT2D eigenvalue weighted by Gasteiger charge is 2.16. The van der Waals surface area contributed by atoms with Crippen molar-refractivity contribution in [1.29, 1.82) is 0 Å². The van der Waals surface area contributed by atoms with Crippen molar-refractivity contribution in [3.05, 3.63) is 65.7 Å². The second kappa shape index (κ2) is 8.70. The second-order valence-corrected chi connectivity index (χ2v) is 7.68. The molecule has 6 nitrogen and oxygen atoms in total. The Kier molecular flexibility index (Phi) is 5.82. The van der Waals surface area contributed by atoms with Crippen molar-refractivity contribution < 1.29 is 18.7 Å². The first kappa shape index (κ1) is 20.8. The highest BCUT2D eigenvalue weighted by molar-refractivity contribution is 6.07. The molecule has 0 radical (unpaired) electrons. The minimum atomic E-state index is -0.136. The molecule has 0 aliphatic rings. The summed E-state index contributed by atoms with van der Waals surface area (Å²) in [4.78, 5) is 14.7. The van der Waals surface area contributed by atoms with E-state index in [2.05, 4.69) is 11.4 Å². The molecule has 1 aromatic heterocycles. The Morgan fingerprint density at radius 1 is 0.968 bits per heavy atom. The lowest BCUT2D eigenvalue weighted by molar-refractivity contribution is -0.117. The van der Waals surface area contributed by atoms with E-state index >= 15 is 0 Å². The maximum atomic E-state index is 12.7. The summed E-state index contributed by atoms with van der Waals surface area (Å²) in [7, 11) is 5.15. The zero-order valence-corrected chi connectivity index (χ0v) is 18.2. The van der Waals surface area contributed by atoms with E-state index in [4.69, 9.17) is 13.9 Å². The maximum absolute atomic E-state index is 12.7. The first-order valence-electron chi connectivity index (χ1n) is 10.1. The van der Waals surface area contributed by atoms with Gasteiger partial charge in [-0.25, -0.2) is 0 Å². The van der Waals surface area contributed by atoms with Crippen LogP contribution in [0.5, 0.6) is 11.5 Å². The van der Waals surface area contributed by atoms with E-state index in [0.717, 1.165) is 33.2 Å². The third-order valence-corrected chi connectivity index (χ3v) is 5.26. The van der Waals surface area contributed by atoms with Crippen LogP contribution in [0, 0.1) is 6.92 Å². The second-order valence-electron chi connectivity index (χ2n) is 7.68. The minimum absolute atomic E-state index is 0.136. The summed E-state index contributed by atoms with van der Waals surface area (Å²) in [5.74, 6) is 1.27. The number of benzene rings is 3. The summed E-state index contributed by atoms with van der Waals surface area (Å²) in [6.45, 7) is 2.85. The molecule has 1 heterocycles. The average Bonchev–Trinajstić information content (AvgIpc) is 3.10. The van der Waals surface area contributed by atoms with Gasteiger partial charge in [0.05, 0.1) is 26.5 Å². The van der Waals surface area contributed by atoms with E-state index < -0.39 is 0 Å². The predicted molar refractivity (Wildman–Crippen MR) is 123 cm³/mol. The number of furan rings is 1. The molecule has 0 bridgehead atoms. The summed E-state index contributed by atoms with van der Waals surface area (Å²) in [5, 5.41) is 4.92. The molecule has 0 fully saturated rings. The SMILES string of the molecule is COc1ccc(C)cc1CN(C)CC(=O)Nc1cc2oc3ccccc3c2cc1OC. The van der Waals surface area contributed by atoms with Gasteiger partial charge in [0.1, 0.15) is 22.7 Å². The molecule has 31 heavy (non-hydrogen) atoms. The number of ether oxygens (including phenoxy) is 2. The molecule has 4 aromatic rings. The van der Waals surface area contributed by atoms with Crippen molar-refractivity contribution in [1.82, 2.24) is 4.90 Å². The van der Waals surface area contributed by atoms with Gasteiger partial charge < -0.3 is 19.2 Å². The molecule has 0 aliphatic carbocycles. The monoisotopic (exact) mass is 418 g/mol. The van der Waals surface area contributed by atoms with Gasteiger partial charge in [-0.1, -0.05) is 35.9 Å². The molecule has 4 rings (SSSR count). The Bertz CT molecular complexity index is 1250. The van der Waals surface area contributed by atoms with Crippen molar-refractivity contribution in [2.45, 2.75) is 13.5 Å². The Morgan fingerprint density at radius 2 is 1.74 bits per heavy atom. The van der Waals surface area contributed by atoms with Crippen molar-refractivity contribution in [2.24, 2.45) is 0 Å². The van der Waals surface area contributed by atoms with E-state index in [1.165, 1.54) is 0 Å². The van der Waals surface area contributed by atoms with E-state index in [0.29, 0.717) is 23.6 Å². The molecule has 0 saturated heterocycles. The lowest BCUT2D eigenvalue weighted by atomic mass is 10.1. The quantitative estimate of drug-likeness (QED) is 0.458. The van der Waals surface area contributed by atoms with Crippen LogP contribution in [0.3, 0.4) is 0 Å². The Morgan fingerprint density at radius 3 is 2.52 bits per heavy atom. The van der Waals surface area contributed by atoms with Crippen LogP contribution in [0.15, 0.2) is 59.0 Å². The van der Waals surface area contributed by atoms with Gasteiger partial charge in [-0.05, 0) is 32.2 Å². The van der Waals surface area contributed by atoms with Crippen molar-refractivity contribution >= 4 is 33.5 Å². The van der Waals surface area contributed by atoms with Gasteiger partial charge in [-0.2, -0.15) is 0 Å². The van der Waals surface area contributed by atoms with Crippen LogP contribution in [0.25, 0.3) is 21.9 Å². The van der Waals surface area contributed by atoms with Gasteiger partial charge in [-0.15, -0.1) is 0 Å². The summed E-state index contributed by atoms with van der Waals surface area (Å²) >= 11 is 0. The molecule has 0 aliphatic heterocycles. The summed E-state index contributed by atoms with van der Waals surface area (Å²) < 4.78 is 16.9. The number of hydrogen-bond acceptors (Lipinski definition) is 5.